The number of rotatable bonds is 4. The van der Waals surface area contributed by atoms with E-state index in [1.54, 1.807) is 25.1 Å². The van der Waals surface area contributed by atoms with Crippen LogP contribution in [0.4, 0.5) is 10.5 Å². The number of carboxylic acid groups (broad SMARTS) is 1. The number of carbonyl (C=O) groups is 1. The van der Waals surface area contributed by atoms with Crippen molar-refractivity contribution in [2.24, 2.45) is 0 Å². The smallest absolute Gasteiger partial charge is 0.449 e. The lowest BCUT2D eigenvalue weighted by atomic mass is 9.95. The molecule has 8 heteroatoms. The average molecular weight is 383 g/mol. The Labute approximate surface area is 151 Å². The third-order valence-corrected chi connectivity index (χ3v) is 6.45. The first-order chi connectivity index (χ1) is 11.4. The van der Waals surface area contributed by atoms with Crippen molar-refractivity contribution in [2.75, 3.05) is 4.72 Å². The molecule has 0 unspecified atom stereocenters. The van der Waals surface area contributed by atoms with Gasteiger partial charge in [0.2, 0.25) is 5.06 Å². The van der Waals surface area contributed by atoms with Gasteiger partial charge in [-0.2, -0.15) is 0 Å². The van der Waals surface area contributed by atoms with E-state index in [1.807, 2.05) is 27.7 Å². The molecule has 0 fully saturated rings. The van der Waals surface area contributed by atoms with Crippen molar-refractivity contribution in [3.05, 3.63) is 40.3 Å². The van der Waals surface area contributed by atoms with Crippen LogP contribution in [0.5, 0.6) is 5.06 Å². The summed E-state index contributed by atoms with van der Waals surface area (Å²) in [7, 11) is -3.87. The van der Waals surface area contributed by atoms with E-state index >= 15 is 0 Å². The molecule has 0 aliphatic carbocycles. The van der Waals surface area contributed by atoms with Gasteiger partial charge < -0.3 is 9.84 Å². The third kappa shape index (κ3) is 4.52. The zero-order valence-electron chi connectivity index (χ0n) is 14.7. The molecule has 0 aliphatic heterocycles. The Bertz CT molecular complexity index is 908. The van der Waals surface area contributed by atoms with Crippen LogP contribution in [0, 0.1) is 13.8 Å². The van der Waals surface area contributed by atoms with Gasteiger partial charge >= 0.3 is 6.16 Å². The van der Waals surface area contributed by atoms with E-state index in [4.69, 9.17) is 9.84 Å². The number of sulfonamides is 1. The third-order valence-electron chi connectivity index (χ3n) is 3.48. The van der Waals surface area contributed by atoms with Crippen LogP contribution in [0.1, 0.15) is 36.8 Å². The highest BCUT2D eigenvalue weighted by Crippen LogP contribution is 2.42. The molecular formula is C17H21NO5S2. The lowest BCUT2D eigenvalue weighted by Gasteiger charge is -2.15. The molecule has 0 radical (unpaired) electrons. The van der Waals surface area contributed by atoms with Crippen molar-refractivity contribution in [1.82, 2.24) is 0 Å². The summed E-state index contributed by atoms with van der Waals surface area (Å²) >= 11 is 1.11. The first kappa shape index (κ1) is 19.3. The Kier molecular flexibility index (Phi) is 5.15. The topological polar surface area (TPSA) is 92.7 Å². The van der Waals surface area contributed by atoms with Gasteiger partial charge in [-0.25, -0.2) is 13.2 Å². The minimum atomic E-state index is -3.87. The lowest BCUT2D eigenvalue weighted by molar-refractivity contribution is 0.146. The number of ether oxygens (including phenoxy) is 1. The molecule has 136 valence electrons. The highest BCUT2D eigenvalue weighted by molar-refractivity contribution is 7.92. The molecule has 0 amide bonds. The van der Waals surface area contributed by atoms with Crippen LogP contribution in [-0.4, -0.2) is 19.7 Å². The largest absolute Gasteiger partial charge is 0.512 e. The molecule has 0 spiro atoms. The van der Waals surface area contributed by atoms with E-state index in [-0.39, 0.29) is 21.1 Å². The first-order valence-corrected chi connectivity index (χ1v) is 9.85. The van der Waals surface area contributed by atoms with E-state index in [1.165, 1.54) is 6.07 Å². The van der Waals surface area contributed by atoms with Gasteiger partial charge in [0.05, 0.1) is 4.90 Å². The summed E-state index contributed by atoms with van der Waals surface area (Å²) in [6.07, 6.45) is -1.49. The number of thiophene rings is 1. The summed E-state index contributed by atoms with van der Waals surface area (Å²) in [5.41, 5.74) is 1.42. The Morgan fingerprint density at radius 3 is 2.36 bits per heavy atom. The van der Waals surface area contributed by atoms with Gasteiger partial charge in [0.1, 0.15) is 5.69 Å². The fourth-order valence-electron chi connectivity index (χ4n) is 2.27. The molecule has 0 bridgehead atoms. The van der Waals surface area contributed by atoms with Gasteiger partial charge in [0.25, 0.3) is 10.0 Å². The molecule has 1 heterocycles. The van der Waals surface area contributed by atoms with E-state index in [9.17, 15) is 13.2 Å². The Morgan fingerprint density at radius 1 is 1.20 bits per heavy atom. The SMILES string of the molecule is Cc1ccc(S(=O)(=O)Nc2cc(C(C)(C)C)sc2OC(=O)O)c(C)c1. The van der Waals surface area contributed by atoms with E-state index < -0.39 is 16.2 Å². The second kappa shape index (κ2) is 6.68. The molecular weight excluding hydrogens is 362 g/mol. The highest BCUT2D eigenvalue weighted by Gasteiger charge is 2.25. The molecule has 0 saturated heterocycles. The quantitative estimate of drug-likeness (QED) is 0.757. The Morgan fingerprint density at radius 2 is 1.84 bits per heavy atom. The number of hydrogen-bond acceptors (Lipinski definition) is 5. The summed E-state index contributed by atoms with van der Waals surface area (Å²) in [4.78, 5) is 11.9. The molecule has 2 aromatic rings. The van der Waals surface area contributed by atoms with Crippen LogP contribution >= 0.6 is 11.3 Å². The van der Waals surface area contributed by atoms with Crippen molar-refractivity contribution in [3.63, 3.8) is 0 Å². The van der Waals surface area contributed by atoms with Gasteiger partial charge in [-0.1, -0.05) is 38.5 Å². The van der Waals surface area contributed by atoms with Crippen LogP contribution in [0.15, 0.2) is 29.2 Å². The first-order valence-electron chi connectivity index (χ1n) is 7.55. The molecule has 6 nitrogen and oxygen atoms in total. The summed E-state index contributed by atoms with van der Waals surface area (Å²) in [6.45, 7) is 9.44. The summed E-state index contributed by atoms with van der Waals surface area (Å²) in [5, 5.41) is 8.91. The minimum absolute atomic E-state index is 0.00534. The van der Waals surface area contributed by atoms with Crippen molar-refractivity contribution in [2.45, 2.75) is 44.9 Å². The maximum Gasteiger partial charge on any atom is 0.512 e. The standard InChI is InChI=1S/C17H21NO5S2/c1-10-6-7-13(11(2)8-10)25(21,22)18-12-9-14(17(3,4)5)24-15(12)23-16(19)20/h6-9,18H,1-5H3,(H,19,20). The molecule has 0 aliphatic rings. The maximum atomic E-state index is 12.7. The van der Waals surface area contributed by atoms with Gasteiger partial charge in [0.15, 0.2) is 0 Å². The van der Waals surface area contributed by atoms with E-state index in [0.717, 1.165) is 21.8 Å². The molecule has 0 atom stereocenters. The molecule has 1 aromatic heterocycles. The van der Waals surface area contributed by atoms with Crippen molar-refractivity contribution < 1.29 is 23.1 Å². The summed E-state index contributed by atoms with van der Waals surface area (Å²) in [5.74, 6) is 0. The van der Waals surface area contributed by atoms with Crippen molar-refractivity contribution in [1.29, 1.82) is 0 Å². The second-order valence-corrected chi connectivity index (χ2v) is 9.47. The molecule has 2 rings (SSSR count). The molecule has 1 aromatic carbocycles. The molecule has 25 heavy (non-hydrogen) atoms. The van der Waals surface area contributed by atoms with Crippen LogP contribution < -0.4 is 9.46 Å². The number of nitrogens with one attached hydrogen (secondary N) is 1. The zero-order valence-corrected chi connectivity index (χ0v) is 16.3. The van der Waals surface area contributed by atoms with Gasteiger partial charge in [-0.15, -0.1) is 11.3 Å². The molecule has 0 saturated carbocycles. The van der Waals surface area contributed by atoms with Crippen LogP contribution in [0.3, 0.4) is 0 Å². The summed E-state index contributed by atoms with van der Waals surface area (Å²) in [6, 6.07) is 6.63. The second-order valence-electron chi connectivity index (χ2n) is 6.80. The van der Waals surface area contributed by atoms with Crippen LogP contribution in [0.25, 0.3) is 0 Å². The minimum Gasteiger partial charge on any atom is -0.449 e. The fourth-order valence-corrected chi connectivity index (χ4v) is 4.63. The van der Waals surface area contributed by atoms with E-state index in [0.29, 0.717) is 5.56 Å². The van der Waals surface area contributed by atoms with Gasteiger partial charge in [-0.3, -0.25) is 4.72 Å². The monoisotopic (exact) mass is 383 g/mol. The molecule has 2 N–H and O–H groups in total. The van der Waals surface area contributed by atoms with Gasteiger partial charge in [-0.05, 0) is 37.0 Å². The summed E-state index contributed by atoms with van der Waals surface area (Å²) < 4.78 is 32.7. The average Bonchev–Trinajstić information content (AvgIpc) is 2.79. The zero-order chi connectivity index (χ0) is 19.0. The lowest BCUT2D eigenvalue weighted by Crippen LogP contribution is -2.15. The predicted octanol–water partition coefficient (Wildman–Crippen LogP) is 4.52. The Hall–Kier alpha value is -2.06. The number of aryl methyl sites for hydroxylation is 2. The van der Waals surface area contributed by atoms with Crippen LogP contribution in [-0.2, 0) is 15.4 Å². The maximum absolute atomic E-state index is 12.7. The highest BCUT2D eigenvalue weighted by atomic mass is 32.2. The number of benzene rings is 1. The van der Waals surface area contributed by atoms with Gasteiger partial charge in [0, 0.05) is 4.88 Å². The van der Waals surface area contributed by atoms with Crippen LogP contribution in [0.2, 0.25) is 0 Å². The van der Waals surface area contributed by atoms with Crippen molar-refractivity contribution >= 4 is 33.2 Å². The van der Waals surface area contributed by atoms with Crippen molar-refractivity contribution in [3.8, 4) is 5.06 Å². The van der Waals surface area contributed by atoms with E-state index in [2.05, 4.69) is 4.72 Å². The fraction of sp³-hybridized carbons (Fsp3) is 0.353. The number of anilines is 1. The number of hydrogen-bond donors (Lipinski definition) is 2. The normalized spacial score (nSPS) is 12.0. The predicted molar refractivity (Wildman–Crippen MR) is 98.4 cm³/mol. The Balaban J connectivity index is 2.47.